The lowest BCUT2D eigenvalue weighted by molar-refractivity contribution is 0.623. The molecule has 0 N–H and O–H groups in total. The zero-order valence-electron chi connectivity index (χ0n) is 10.3. The van der Waals surface area contributed by atoms with Crippen LogP contribution >= 0.6 is 39.1 Å². The zero-order chi connectivity index (χ0) is 14.0. The van der Waals surface area contributed by atoms with E-state index in [0.29, 0.717) is 10.0 Å². The Balaban J connectivity index is 2.20. The molecule has 0 amide bonds. The summed E-state index contributed by atoms with van der Waals surface area (Å²) in [5.41, 5.74) is 2.88. The number of alkyl halides is 1. The molecule has 0 aliphatic carbocycles. The average Bonchev–Trinajstić information content (AvgIpc) is 2.32. The number of rotatable bonds is 3. The third-order valence-electron chi connectivity index (χ3n) is 2.83. The second-order valence-corrected chi connectivity index (χ2v) is 6.40. The summed E-state index contributed by atoms with van der Waals surface area (Å²) in [5.74, 6) is -0.214. The van der Waals surface area contributed by atoms with Gasteiger partial charge in [-0.2, -0.15) is 0 Å². The highest BCUT2D eigenvalue weighted by Gasteiger charge is 2.11. The first-order valence-corrected chi connectivity index (χ1v) is 7.48. The van der Waals surface area contributed by atoms with Gasteiger partial charge in [0.2, 0.25) is 0 Å². The zero-order valence-corrected chi connectivity index (χ0v) is 13.4. The highest BCUT2D eigenvalue weighted by molar-refractivity contribution is 9.09. The smallest absolute Gasteiger partial charge is 0.123 e. The van der Waals surface area contributed by atoms with Gasteiger partial charge < -0.3 is 0 Å². The van der Waals surface area contributed by atoms with Gasteiger partial charge in [-0.05, 0) is 54.3 Å². The Morgan fingerprint density at radius 3 is 2.47 bits per heavy atom. The Bertz CT molecular complexity index is 578. The van der Waals surface area contributed by atoms with E-state index in [1.165, 1.54) is 6.07 Å². The van der Waals surface area contributed by atoms with Gasteiger partial charge in [0.25, 0.3) is 0 Å². The van der Waals surface area contributed by atoms with Crippen LogP contribution in [0.25, 0.3) is 0 Å². The predicted octanol–water partition coefficient (Wildman–Crippen LogP) is 6.12. The summed E-state index contributed by atoms with van der Waals surface area (Å²) in [6, 6.07) is 10.6. The summed E-state index contributed by atoms with van der Waals surface area (Å²) >= 11 is 15.5. The molecule has 0 bridgehead atoms. The van der Waals surface area contributed by atoms with Crippen molar-refractivity contribution >= 4 is 39.1 Å². The fraction of sp³-hybridized carbons (Fsp3) is 0.200. The maximum atomic E-state index is 13.4. The van der Waals surface area contributed by atoms with Crippen molar-refractivity contribution in [1.29, 1.82) is 0 Å². The molecule has 0 spiro atoms. The number of hydrogen-bond acceptors (Lipinski definition) is 0. The molecule has 0 saturated heterocycles. The van der Waals surface area contributed by atoms with Gasteiger partial charge in [0.1, 0.15) is 5.82 Å². The lowest BCUT2D eigenvalue weighted by Gasteiger charge is -2.12. The molecule has 0 aliphatic rings. The van der Waals surface area contributed by atoms with Crippen LogP contribution in [-0.4, -0.2) is 0 Å². The van der Waals surface area contributed by atoms with Gasteiger partial charge in [0.15, 0.2) is 0 Å². The van der Waals surface area contributed by atoms with E-state index in [1.54, 1.807) is 12.1 Å². The highest BCUT2D eigenvalue weighted by Crippen LogP contribution is 2.30. The lowest BCUT2D eigenvalue weighted by Crippen LogP contribution is -1.97. The van der Waals surface area contributed by atoms with Crippen LogP contribution in [0.15, 0.2) is 36.4 Å². The second-order valence-electron chi connectivity index (χ2n) is 4.48. The minimum Gasteiger partial charge on any atom is -0.207 e. The van der Waals surface area contributed by atoms with Crippen LogP contribution in [0.5, 0.6) is 0 Å². The van der Waals surface area contributed by atoms with Crippen molar-refractivity contribution in [3.63, 3.8) is 0 Å². The molecule has 2 aromatic rings. The van der Waals surface area contributed by atoms with Crippen molar-refractivity contribution in [2.75, 3.05) is 0 Å². The molecule has 1 unspecified atom stereocenters. The standard InChI is InChI=1S/C15H12BrCl2F/c1-9-4-11(8-12(19)5-9)13(16)6-10-2-3-14(17)15(18)7-10/h2-5,7-8,13H,6H2,1H3. The molecular formula is C15H12BrCl2F. The predicted molar refractivity (Wildman–Crippen MR) is 83.0 cm³/mol. The maximum Gasteiger partial charge on any atom is 0.123 e. The van der Waals surface area contributed by atoms with Crippen LogP contribution in [0.3, 0.4) is 0 Å². The molecule has 0 radical (unpaired) electrons. The van der Waals surface area contributed by atoms with Crippen LogP contribution in [0.4, 0.5) is 4.39 Å². The topological polar surface area (TPSA) is 0 Å². The van der Waals surface area contributed by atoms with Crippen molar-refractivity contribution in [3.8, 4) is 0 Å². The molecule has 0 fully saturated rings. The van der Waals surface area contributed by atoms with E-state index in [-0.39, 0.29) is 10.6 Å². The molecular weight excluding hydrogens is 350 g/mol. The number of halogens is 4. The summed E-state index contributed by atoms with van der Waals surface area (Å²) in [6.07, 6.45) is 0.722. The highest BCUT2D eigenvalue weighted by atomic mass is 79.9. The fourth-order valence-corrected chi connectivity index (χ4v) is 2.90. The van der Waals surface area contributed by atoms with Crippen molar-refractivity contribution in [2.24, 2.45) is 0 Å². The summed E-state index contributed by atoms with van der Waals surface area (Å²) in [7, 11) is 0. The monoisotopic (exact) mass is 360 g/mol. The molecule has 100 valence electrons. The summed E-state index contributed by atoms with van der Waals surface area (Å²) < 4.78 is 13.4. The number of aryl methyl sites for hydroxylation is 1. The minimum absolute atomic E-state index is 0.0409. The largest absolute Gasteiger partial charge is 0.207 e. The van der Waals surface area contributed by atoms with Gasteiger partial charge >= 0.3 is 0 Å². The third-order valence-corrected chi connectivity index (χ3v) is 4.42. The molecule has 2 aromatic carbocycles. The molecule has 0 aliphatic heterocycles. The van der Waals surface area contributed by atoms with Gasteiger partial charge in [-0.1, -0.05) is 51.3 Å². The first kappa shape index (κ1) is 14.8. The summed E-state index contributed by atoms with van der Waals surface area (Å²) in [5, 5.41) is 1.08. The van der Waals surface area contributed by atoms with Crippen molar-refractivity contribution in [2.45, 2.75) is 18.2 Å². The average molecular weight is 362 g/mol. The molecule has 0 nitrogen and oxygen atoms in total. The van der Waals surface area contributed by atoms with Gasteiger partial charge in [0.05, 0.1) is 10.0 Å². The SMILES string of the molecule is Cc1cc(F)cc(C(Br)Cc2ccc(Cl)c(Cl)c2)c1. The lowest BCUT2D eigenvalue weighted by atomic mass is 10.0. The van der Waals surface area contributed by atoms with Crippen LogP contribution in [0.2, 0.25) is 10.0 Å². The van der Waals surface area contributed by atoms with Gasteiger partial charge in [-0.15, -0.1) is 0 Å². The Morgan fingerprint density at radius 1 is 1.11 bits per heavy atom. The van der Waals surface area contributed by atoms with Gasteiger partial charge in [0, 0.05) is 4.83 Å². The molecule has 0 heterocycles. The van der Waals surface area contributed by atoms with E-state index in [9.17, 15) is 4.39 Å². The Hall–Kier alpha value is -0.570. The second kappa shape index (κ2) is 6.25. The molecule has 2 rings (SSSR count). The fourth-order valence-electron chi connectivity index (χ4n) is 1.94. The van der Waals surface area contributed by atoms with E-state index in [2.05, 4.69) is 15.9 Å². The normalized spacial score (nSPS) is 12.5. The quantitative estimate of drug-likeness (QED) is 0.577. The van der Waals surface area contributed by atoms with E-state index in [1.807, 2.05) is 25.1 Å². The Morgan fingerprint density at radius 2 is 1.84 bits per heavy atom. The minimum atomic E-state index is -0.214. The molecule has 0 saturated carbocycles. The van der Waals surface area contributed by atoms with E-state index in [4.69, 9.17) is 23.2 Å². The maximum absolute atomic E-state index is 13.4. The summed E-state index contributed by atoms with van der Waals surface area (Å²) in [6.45, 7) is 1.88. The van der Waals surface area contributed by atoms with E-state index < -0.39 is 0 Å². The molecule has 4 heteroatoms. The van der Waals surface area contributed by atoms with E-state index >= 15 is 0 Å². The van der Waals surface area contributed by atoms with Crippen LogP contribution < -0.4 is 0 Å². The Labute approximate surface area is 130 Å². The summed E-state index contributed by atoms with van der Waals surface area (Å²) in [4.78, 5) is 0.0409. The van der Waals surface area contributed by atoms with Gasteiger partial charge in [-0.3, -0.25) is 0 Å². The van der Waals surface area contributed by atoms with Crippen molar-refractivity contribution in [1.82, 2.24) is 0 Å². The van der Waals surface area contributed by atoms with E-state index in [0.717, 1.165) is 23.1 Å². The first-order valence-electron chi connectivity index (χ1n) is 5.81. The molecule has 19 heavy (non-hydrogen) atoms. The first-order chi connectivity index (χ1) is 8.95. The number of hydrogen-bond donors (Lipinski definition) is 0. The number of benzene rings is 2. The van der Waals surface area contributed by atoms with Crippen molar-refractivity contribution in [3.05, 3.63) is 69.0 Å². The Kier molecular flexibility index (Phi) is 4.88. The molecule has 1 atom stereocenters. The van der Waals surface area contributed by atoms with Crippen LogP contribution in [-0.2, 0) is 6.42 Å². The molecule has 0 aromatic heterocycles. The van der Waals surface area contributed by atoms with Crippen LogP contribution in [0, 0.1) is 12.7 Å². The van der Waals surface area contributed by atoms with Crippen molar-refractivity contribution < 1.29 is 4.39 Å². The van der Waals surface area contributed by atoms with Gasteiger partial charge in [-0.25, -0.2) is 4.39 Å². The third kappa shape index (κ3) is 3.95. The van der Waals surface area contributed by atoms with Crippen LogP contribution in [0.1, 0.15) is 21.5 Å².